The van der Waals surface area contributed by atoms with Gasteiger partial charge >= 0.3 is 0 Å². The number of hydrogen-bond donors (Lipinski definition) is 0. The molecule has 0 saturated carbocycles. The molecule has 1 heterocycles. The molecule has 2 amide bonds. The smallest absolute Gasteiger partial charge is 0.254 e. The fraction of sp³-hybridized carbons (Fsp3) is 0.455. The van der Waals surface area contributed by atoms with Crippen molar-refractivity contribution < 1.29 is 9.59 Å². The number of amides is 2. The highest BCUT2D eigenvalue weighted by Crippen LogP contribution is 2.11. The summed E-state index contributed by atoms with van der Waals surface area (Å²) >= 11 is 0. The van der Waals surface area contributed by atoms with Crippen LogP contribution in [0.5, 0.6) is 0 Å². The van der Waals surface area contributed by atoms with Gasteiger partial charge in [0.15, 0.2) is 0 Å². The second-order valence-electron chi connectivity index (χ2n) is 7.37. The molecule has 0 aliphatic carbocycles. The van der Waals surface area contributed by atoms with Crippen LogP contribution in [0.15, 0.2) is 48.7 Å². The zero-order chi connectivity index (χ0) is 19.8. The van der Waals surface area contributed by atoms with Crippen LogP contribution in [0, 0.1) is 5.92 Å². The molecule has 0 unspecified atom stereocenters. The summed E-state index contributed by atoms with van der Waals surface area (Å²) in [7, 11) is 1.98. The molecule has 5 nitrogen and oxygen atoms in total. The van der Waals surface area contributed by atoms with Gasteiger partial charge in [-0.2, -0.15) is 0 Å². The molecule has 0 saturated heterocycles. The molecule has 0 N–H and O–H groups in total. The molecular weight excluding hydrogens is 338 g/mol. The number of rotatable bonds is 9. The molecule has 5 heteroatoms. The van der Waals surface area contributed by atoms with E-state index in [4.69, 9.17) is 0 Å². The molecule has 0 aliphatic rings. The summed E-state index contributed by atoms with van der Waals surface area (Å²) in [6.07, 6.45) is 2.80. The number of aromatic nitrogens is 1. The van der Waals surface area contributed by atoms with Crippen LogP contribution in [0.25, 0.3) is 0 Å². The van der Waals surface area contributed by atoms with Crippen molar-refractivity contribution in [3.63, 3.8) is 0 Å². The maximum absolute atomic E-state index is 13.1. The SMILES string of the molecule is CCCN(CC(=O)N(Cc1cccn1C)CC(C)C)C(=O)c1ccccc1. The van der Waals surface area contributed by atoms with E-state index in [0.29, 0.717) is 31.1 Å². The lowest BCUT2D eigenvalue weighted by Crippen LogP contribution is -2.44. The van der Waals surface area contributed by atoms with Crippen LogP contribution in [0.1, 0.15) is 43.2 Å². The third kappa shape index (κ3) is 5.98. The minimum absolute atomic E-state index is 0.0115. The summed E-state index contributed by atoms with van der Waals surface area (Å²) in [4.78, 5) is 29.4. The highest BCUT2D eigenvalue weighted by molar-refractivity contribution is 5.96. The number of benzene rings is 1. The van der Waals surface area contributed by atoms with E-state index < -0.39 is 0 Å². The number of hydrogen-bond acceptors (Lipinski definition) is 2. The van der Waals surface area contributed by atoms with E-state index >= 15 is 0 Å². The molecule has 0 radical (unpaired) electrons. The van der Waals surface area contributed by atoms with E-state index in [-0.39, 0.29) is 18.4 Å². The van der Waals surface area contributed by atoms with Crippen LogP contribution in [-0.4, -0.2) is 45.8 Å². The zero-order valence-electron chi connectivity index (χ0n) is 16.9. The fourth-order valence-corrected chi connectivity index (χ4v) is 3.10. The number of carbonyl (C=O) groups is 2. The first-order valence-corrected chi connectivity index (χ1v) is 9.64. The first-order chi connectivity index (χ1) is 12.9. The summed E-state index contributed by atoms with van der Waals surface area (Å²) in [5.41, 5.74) is 1.71. The van der Waals surface area contributed by atoms with Gasteiger partial charge in [0, 0.05) is 37.6 Å². The van der Waals surface area contributed by atoms with Gasteiger partial charge in [-0.1, -0.05) is 39.0 Å². The zero-order valence-corrected chi connectivity index (χ0v) is 16.9. The van der Waals surface area contributed by atoms with Crippen LogP contribution in [-0.2, 0) is 18.4 Å². The topological polar surface area (TPSA) is 45.6 Å². The average Bonchev–Trinajstić information content (AvgIpc) is 3.05. The van der Waals surface area contributed by atoms with Crippen LogP contribution in [0.2, 0.25) is 0 Å². The summed E-state index contributed by atoms with van der Waals surface area (Å²) in [6.45, 7) is 8.13. The maximum atomic E-state index is 13.1. The Bertz CT molecular complexity index is 737. The van der Waals surface area contributed by atoms with Gasteiger partial charge in [-0.3, -0.25) is 9.59 Å². The van der Waals surface area contributed by atoms with Gasteiger partial charge in [0.2, 0.25) is 5.91 Å². The number of nitrogens with zero attached hydrogens (tertiary/aromatic N) is 3. The number of carbonyl (C=O) groups excluding carboxylic acids is 2. The molecule has 1 aromatic carbocycles. The standard InChI is InChI=1S/C22H31N3O2/c1-5-13-24(22(27)19-10-7-6-8-11-19)17-21(26)25(15-18(2)3)16-20-12-9-14-23(20)4/h6-12,14,18H,5,13,15-17H2,1-4H3. The molecule has 0 fully saturated rings. The van der Waals surface area contributed by atoms with Gasteiger partial charge in [-0.05, 0) is 36.6 Å². The predicted molar refractivity (Wildman–Crippen MR) is 108 cm³/mol. The molecule has 0 aliphatic heterocycles. The van der Waals surface area contributed by atoms with Gasteiger partial charge < -0.3 is 14.4 Å². The largest absolute Gasteiger partial charge is 0.353 e. The Labute approximate surface area is 162 Å². The quantitative estimate of drug-likeness (QED) is 0.678. The lowest BCUT2D eigenvalue weighted by atomic mass is 10.1. The highest BCUT2D eigenvalue weighted by atomic mass is 16.2. The molecule has 1 aromatic heterocycles. The second kappa shape index (κ2) is 9.95. The predicted octanol–water partition coefficient (Wildman–Crippen LogP) is 3.56. The molecule has 0 bridgehead atoms. The Morgan fingerprint density at radius 1 is 1.04 bits per heavy atom. The minimum Gasteiger partial charge on any atom is -0.353 e. The van der Waals surface area contributed by atoms with Crippen LogP contribution in [0.4, 0.5) is 0 Å². The van der Waals surface area contributed by atoms with Crippen molar-refractivity contribution >= 4 is 11.8 Å². The molecule has 2 rings (SSSR count). The van der Waals surface area contributed by atoms with E-state index in [1.807, 2.05) is 60.0 Å². The van der Waals surface area contributed by atoms with E-state index in [0.717, 1.165) is 12.1 Å². The Morgan fingerprint density at radius 2 is 1.74 bits per heavy atom. The first kappa shape index (κ1) is 20.7. The molecule has 0 atom stereocenters. The van der Waals surface area contributed by atoms with Gasteiger partial charge in [0.05, 0.1) is 6.54 Å². The lowest BCUT2D eigenvalue weighted by Gasteiger charge is -2.29. The minimum atomic E-state index is -0.0887. The Balaban J connectivity index is 2.14. The van der Waals surface area contributed by atoms with E-state index in [9.17, 15) is 9.59 Å². The van der Waals surface area contributed by atoms with Crippen molar-refractivity contribution in [2.45, 2.75) is 33.7 Å². The van der Waals surface area contributed by atoms with E-state index in [1.165, 1.54) is 0 Å². The molecule has 0 spiro atoms. The maximum Gasteiger partial charge on any atom is 0.254 e. The summed E-state index contributed by atoms with van der Waals surface area (Å²) in [5.74, 6) is 0.260. The van der Waals surface area contributed by atoms with E-state index in [1.54, 1.807) is 17.0 Å². The first-order valence-electron chi connectivity index (χ1n) is 9.64. The van der Waals surface area contributed by atoms with Crippen molar-refractivity contribution in [1.82, 2.24) is 14.4 Å². The highest BCUT2D eigenvalue weighted by Gasteiger charge is 2.23. The normalized spacial score (nSPS) is 10.9. The summed E-state index contributed by atoms with van der Waals surface area (Å²) in [6, 6.07) is 13.2. The van der Waals surface area contributed by atoms with Crippen molar-refractivity contribution in [3.05, 3.63) is 59.9 Å². The Hall–Kier alpha value is -2.56. The van der Waals surface area contributed by atoms with Crippen LogP contribution < -0.4 is 0 Å². The van der Waals surface area contributed by atoms with Gasteiger partial charge in [-0.15, -0.1) is 0 Å². The van der Waals surface area contributed by atoms with Crippen molar-refractivity contribution in [1.29, 1.82) is 0 Å². The monoisotopic (exact) mass is 369 g/mol. The van der Waals surface area contributed by atoms with Gasteiger partial charge in [0.25, 0.3) is 5.91 Å². The van der Waals surface area contributed by atoms with Crippen molar-refractivity contribution in [2.24, 2.45) is 13.0 Å². The molecular formula is C22H31N3O2. The molecule has 146 valence electrons. The van der Waals surface area contributed by atoms with Crippen LogP contribution in [0.3, 0.4) is 0 Å². The third-order valence-corrected chi connectivity index (χ3v) is 4.47. The second-order valence-corrected chi connectivity index (χ2v) is 7.37. The summed E-state index contributed by atoms with van der Waals surface area (Å²) < 4.78 is 2.03. The van der Waals surface area contributed by atoms with Crippen LogP contribution >= 0.6 is 0 Å². The lowest BCUT2D eigenvalue weighted by molar-refractivity contribution is -0.133. The fourth-order valence-electron chi connectivity index (χ4n) is 3.10. The molecule has 2 aromatic rings. The Morgan fingerprint density at radius 3 is 2.30 bits per heavy atom. The third-order valence-electron chi connectivity index (χ3n) is 4.47. The van der Waals surface area contributed by atoms with Gasteiger partial charge in [-0.25, -0.2) is 0 Å². The van der Waals surface area contributed by atoms with E-state index in [2.05, 4.69) is 13.8 Å². The number of aryl methyl sites for hydroxylation is 1. The van der Waals surface area contributed by atoms with Crippen molar-refractivity contribution in [2.75, 3.05) is 19.6 Å². The Kier molecular flexibility index (Phi) is 7.65. The molecule has 27 heavy (non-hydrogen) atoms. The van der Waals surface area contributed by atoms with Crippen molar-refractivity contribution in [3.8, 4) is 0 Å². The summed E-state index contributed by atoms with van der Waals surface area (Å²) in [5, 5.41) is 0. The average molecular weight is 370 g/mol. The van der Waals surface area contributed by atoms with Gasteiger partial charge in [0.1, 0.15) is 6.54 Å².